The van der Waals surface area contributed by atoms with Crippen molar-refractivity contribution < 1.29 is 0 Å². The monoisotopic (exact) mass is 678 g/mol. The lowest BCUT2D eigenvalue weighted by atomic mass is 9.76. The van der Waals surface area contributed by atoms with Crippen LogP contribution < -0.4 is 0 Å². The molecule has 1 aliphatic rings. The molecule has 52 heavy (non-hydrogen) atoms. The summed E-state index contributed by atoms with van der Waals surface area (Å²) in [6.45, 7) is 28.1. The molecule has 0 bridgehead atoms. The average molecular weight is 679 g/mol. The summed E-state index contributed by atoms with van der Waals surface area (Å²) in [7, 11) is 0. The van der Waals surface area contributed by atoms with Crippen molar-refractivity contribution in [2.75, 3.05) is 0 Å². The molecule has 0 spiro atoms. The van der Waals surface area contributed by atoms with Gasteiger partial charge in [0.2, 0.25) is 0 Å². The standard InChI is InChI=1S/C52H54/c1-49(2,3)34-23-32(24-35(27-34)50(4,5)6)47-38-19-13-14-20-39(38)48(33-25-36(51(7,8)9)28-37(26-33)52(10,11)12)45-30-43-41-22-16-18-31-17-15-21-40(46(31)41)42(43)29-44(45)47/h13-30H,1-12H3. The van der Waals surface area contributed by atoms with Crippen molar-refractivity contribution in [1.29, 1.82) is 0 Å². The number of rotatable bonds is 2. The van der Waals surface area contributed by atoms with Crippen LogP contribution in [0, 0.1) is 0 Å². The zero-order valence-corrected chi connectivity index (χ0v) is 33.4. The first-order valence-electron chi connectivity index (χ1n) is 19.2. The molecule has 0 heteroatoms. The minimum Gasteiger partial charge on any atom is -0.0616 e. The van der Waals surface area contributed by atoms with Crippen LogP contribution in [0.3, 0.4) is 0 Å². The van der Waals surface area contributed by atoms with Crippen molar-refractivity contribution in [3.8, 4) is 44.5 Å². The second kappa shape index (κ2) is 11.4. The summed E-state index contributed by atoms with van der Waals surface area (Å²) in [6, 6.07) is 42.7. The molecule has 0 N–H and O–H groups in total. The lowest BCUT2D eigenvalue weighted by Gasteiger charge is -2.28. The smallest absolute Gasteiger partial charge is 0.00259 e. The van der Waals surface area contributed by atoms with E-state index in [0.29, 0.717) is 0 Å². The molecule has 0 nitrogen and oxygen atoms in total. The van der Waals surface area contributed by atoms with E-state index in [2.05, 4.69) is 192 Å². The first-order chi connectivity index (χ1) is 24.3. The van der Waals surface area contributed by atoms with E-state index < -0.39 is 0 Å². The highest BCUT2D eigenvalue weighted by molar-refractivity contribution is 6.25. The summed E-state index contributed by atoms with van der Waals surface area (Å²) in [5, 5.41) is 7.94. The first kappa shape index (κ1) is 34.4. The number of hydrogen-bond acceptors (Lipinski definition) is 0. The van der Waals surface area contributed by atoms with Crippen LogP contribution in [0.1, 0.15) is 105 Å². The molecular weight excluding hydrogens is 625 g/mol. The SMILES string of the molecule is CC(C)(C)c1cc(-c2c3ccccc3c(-c3cc(C(C)(C)C)cc(C(C)(C)C)c3)c3cc4c(cc23)-c2cccc3cccc-4c23)cc(C(C)(C)C)c1. The van der Waals surface area contributed by atoms with Gasteiger partial charge in [0.25, 0.3) is 0 Å². The third-order valence-corrected chi connectivity index (χ3v) is 11.6. The van der Waals surface area contributed by atoms with E-state index in [4.69, 9.17) is 0 Å². The predicted molar refractivity (Wildman–Crippen MR) is 229 cm³/mol. The molecule has 0 heterocycles. The van der Waals surface area contributed by atoms with Crippen LogP contribution >= 0.6 is 0 Å². The van der Waals surface area contributed by atoms with Crippen LogP contribution in [0.4, 0.5) is 0 Å². The van der Waals surface area contributed by atoms with Gasteiger partial charge in [-0.05, 0) is 133 Å². The quantitative estimate of drug-likeness (QED) is 0.160. The summed E-state index contributed by atoms with van der Waals surface area (Å²) >= 11 is 0. The van der Waals surface area contributed by atoms with Crippen molar-refractivity contribution in [2.24, 2.45) is 0 Å². The second-order valence-corrected chi connectivity index (χ2v) is 19.5. The Balaban J connectivity index is 1.59. The molecule has 0 saturated carbocycles. The minimum absolute atomic E-state index is 0.0108. The Kier molecular flexibility index (Phi) is 7.55. The van der Waals surface area contributed by atoms with Gasteiger partial charge < -0.3 is 0 Å². The van der Waals surface area contributed by atoms with Crippen LogP contribution in [0.25, 0.3) is 76.8 Å². The van der Waals surface area contributed by atoms with Gasteiger partial charge >= 0.3 is 0 Å². The largest absolute Gasteiger partial charge is 0.0616 e. The third kappa shape index (κ3) is 5.58. The fraction of sp³-hybridized carbons (Fsp3) is 0.308. The summed E-state index contributed by atoms with van der Waals surface area (Å²) in [5.74, 6) is 0. The molecule has 0 aliphatic heterocycles. The van der Waals surface area contributed by atoms with E-state index in [0.717, 1.165) is 0 Å². The van der Waals surface area contributed by atoms with E-state index in [-0.39, 0.29) is 21.7 Å². The Morgan fingerprint density at radius 3 is 0.981 bits per heavy atom. The lowest BCUT2D eigenvalue weighted by molar-refractivity contribution is 0.568. The number of fused-ring (bicyclic) bond motifs is 5. The van der Waals surface area contributed by atoms with Crippen molar-refractivity contribution in [1.82, 2.24) is 0 Å². The van der Waals surface area contributed by atoms with Gasteiger partial charge in [0.15, 0.2) is 0 Å². The Hall–Kier alpha value is -4.68. The van der Waals surface area contributed by atoms with Crippen LogP contribution in [0.5, 0.6) is 0 Å². The molecular formula is C52H54. The van der Waals surface area contributed by atoms with Crippen molar-refractivity contribution in [3.63, 3.8) is 0 Å². The molecule has 0 aromatic heterocycles. The summed E-state index contributed by atoms with van der Waals surface area (Å²) in [4.78, 5) is 0. The van der Waals surface area contributed by atoms with Crippen molar-refractivity contribution in [2.45, 2.75) is 105 Å². The molecule has 7 aromatic rings. The molecule has 0 fully saturated rings. The van der Waals surface area contributed by atoms with Gasteiger partial charge in [-0.15, -0.1) is 0 Å². The molecule has 262 valence electrons. The maximum atomic E-state index is 2.55. The summed E-state index contributed by atoms with van der Waals surface area (Å²) in [6.07, 6.45) is 0. The predicted octanol–water partition coefficient (Wildman–Crippen LogP) is 15.3. The van der Waals surface area contributed by atoms with Crippen LogP contribution in [-0.4, -0.2) is 0 Å². The highest BCUT2D eigenvalue weighted by Gasteiger charge is 2.28. The first-order valence-corrected chi connectivity index (χ1v) is 19.2. The third-order valence-electron chi connectivity index (χ3n) is 11.6. The molecule has 0 unspecified atom stereocenters. The Morgan fingerprint density at radius 2 is 0.654 bits per heavy atom. The van der Waals surface area contributed by atoms with Gasteiger partial charge in [-0.1, -0.05) is 180 Å². The number of benzene rings is 7. The lowest BCUT2D eigenvalue weighted by Crippen LogP contribution is -2.16. The zero-order valence-electron chi connectivity index (χ0n) is 33.4. The maximum Gasteiger partial charge on any atom is -0.00259 e. The molecule has 0 atom stereocenters. The van der Waals surface area contributed by atoms with Crippen LogP contribution in [-0.2, 0) is 21.7 Å². The Morgan fingerprint density at radius 1 is 0.308 bits per heavy atom. The van der Waals surface area contributed by atoms with Crippen molar-refractivity contribution >= 4 is 32.3 Å². The fourth-order valence-electron chi connectivity index (χ4n) is 8.36. The average Bonchev–Trinajstić information content (AvgIpc) is 3.38. The highest BCUT2D eigenvalue weighted by atomic mass is 14.3. The van der Waals surface area contributed by atoms with Crippen LogP contribution in [0.15, 0.2) is 109 Å². The van der Waals surface area contributed by atoms with Crippen LogP contribution in [0.2, 0.25) is 0 Å². The highest BCUT2D eigenvalue weighted by Crippen LogP contribution is 2.53. The summed E-state index contributed by atoms with van der Waals surface area (Å²) in [5.41, 5.74) is 16.2. The molecule has 0 amide bonds. The zero-order chi connectivity index (χ0) is 37.1. The van der Waals surface area contributed by atoms with Gasteiger partial charge in [0.05, 0.1) is 0 Å². The minimum atomic E-state index is 0.0108. The van der Waals surface area contributed by atoms with E-state index >= 15 is 0 Å². The van der Waals surface area contributed by atoms with E-state index in [1.165, 1.54) is 99.1 Å². The molecule has 0 saturated heterocycles. The van der Waals surface area contributed by atoms with E-state index in [1.54, 1.807) is 0 Å². The normalized spacial score (nSPS) is 13.4. The van der Waals surface area contributed by atoms with Crippen molar-refractivity contribution in [3.05, 3.63) is 131 Å². The van der Waals surface area contributed by atoms with E-state index in [1.807, 2.05) is 0 Å². The Labute approximate surface area is 311 Å². The molecule has 8 rings (SSSR count). The Bertz CT molecular complexity index is 2340. The van der Waals surface area contributed by atoms with E-state index in [9.17, 15) is 0 Å². The van der Waals surface area contributed by atoms with Gasteiger partial charge in [-0.2, -0.15) is 0 Å². The van der Waals surface area contributed by atoms with Gasteiger partial charge in [0.1, 0.15) is 0 Å². The van der Waals surface area contributed by atoms with Gasteiger partial charge in [-0.3, -0.25) is 0 Å². The summed E-state index contributed by atoms with van der Waals surface area (Å²) < 4.78 is 0. The van der Waals surface area contributed by atoms with Gasteiger partial charge in [-0.25, -0.2) is 0 Å². The fourth-order valence-corrected chi connectivity index (χ4v) is 8.36. The number of hydrogen-bond donors (Lipinski definition) is 0. The second-order valence-electron chi connectivity index (χ2n) is 19.5. The molecule has 1 aliphatic carbocycles. The maximum absolute atomic E-state index is 2.55. The topological polar surface area (TPSA) is 0 Å². The van der Waals surface area contributed by atoms with Gasteiger partial charge in [0, 0.05) is 0 Å². The molecule has 7 aromatic carbocycles. The molecule has 0 radical (unpaired) electrons.